The molecule has 0 spiro atoms. The van der Waals surface area contributed by atoms with E-state index >= 15 is 0 Å². The topological polar surface area (TPSA) is 385 Å². The number of nitrogens with zero attached hydrogens (tertiary/aromatic N) is 4. The average Bonchev–Trinajstić information content (AvgIpc) is 3.80. The number of fused-ring (bicyclic) bond motifs is 1. The van der Waals surface area contributed by atoms with Crippen LogP contribution in [0.25, 0.3) is 11.2 Å². The van der Waals surface area contributed by atoms with Gasteiger partial charge >= 0.3 is 29.4 Å². The number of nitrogen functional groups attached to an aromatic ring is 1. The second-order valence-electron chi connectivity index (χ2n) is 15.7. The molecule has 3 aromatic rings. The van der Waals surface area contributed by atoms with Crippen molar-refractivity contribution in [2.45, 2.75) is 88.6 Å². The molecule has 0 saturated carbocycles. The number of anilines is 1. The van der Waals surface area contributed by atoms with Crippen LogP contribution in [0.5, 0.6) is 0 Å². The van der Waals surface area contributed by atoms with Crippen molar-refractivity contribution in [3.8, 4) is 0 Å². The number of hydrogen-bond donors (Lipinski definition) is 9. The van der Waals surface area contributed by atoms with Crippen molar-refractivity contribution in [1.82, 2.24) is 30.2 Å². The van der Waals surface area contributed by atoms with Gasteiger partial charge in [0, 0.05) is 23.4 Å². The number of esters is 1. The Morgan fingerprint density at radius 1 is 1.02 bits per heavy atom. The fraction of sp³-hybridized carbons (Fsp3) is 0.600. The van der Waals surface area contributed by atoms with Gasteiger partial charge in [0.1, 0.15) is 42.9 Å². The third kappa shape index (κ3) is 15.2. The van der Waals surface area contributed by atoms with Crippen molar-refractivity contribution in [3.05, 3.63) is 47.5 Å². The van der Waals surface area contributed by atoms with Crippen molar-refractivity contribution < 1.29 is 90.0 Å². The summed E-state index contributed by atoms with van der Waals surface area (Å²) in [6, 6.07) is 7.63. The van der Waals surface area contributed by atoms with Crippen LogP contribution in [0.3, 0.4) is 0 Å². The van der Waals surface area contributed by atoms with Crippen molar-refractivity contribution in [1.29, 1.82) is 0 Å². The van der Waals surface area contributed by atoms with E-state index in [-0.39, 0.29) is 49.7 Å². The van der Waals surface area contributed by atoms with Crippen LogP contribution >= 0.6 is 35.1 Å². The van der Waals surface area contributed by atoms with Crippen LogP contribution in [0.2, 0.25) is 5.02 Å². The molecule has 2 aliphatic rings. The van der Waals surface area contributed by atoms with Crippen molar-refractivity contribution in [2.24, 2.45) is 5.41 Å². The molecule has 2 fully saturated rings. The number of carbonyl (C=O) groups is 3. The first-order valence-electron chi connectivity index (χ1n) is 19.9. The third-order valence-corrected chi connectivity index (χ3v) is 13.4. The van der Waals surface area contributed by atoms with Gasteiger partial charge in [-0.25, -0.2) is 33.4 Å². The van der Waals surface area contributed by atoms with E-state index in [1.54, 1.807) is 0 Å². The lowest BCUT2D eigenvalue weighted by atomic mass is 9.87. The average molecular weight is 1000 g/mol. The van der Waals surface area contributed by atoms with E-state index in [1.165, 1.54) is 19.4 Å². The van der Waals surface area contributed by atoms with Crippen LogP contribution in [0.1, 0.15) is 57.7 Å². The van der Waals surface area contributed by atoms with E-state index in [1.807, 2.05) is 24.3 Å². The molecule has 0 radical (unpaired) electrons. The van der Waals surface area contributed by atoms with E-state index in [9.17, 15) is 57.9 Å². The summed E-state index contributed by atoms with van der Waals surface area (Å²) >= 11 is 5.92. The number of epoxide rings is 1. The van der Waals surface area contributed by atoms with Gasteiger partial charge in [0.25, 0.3) is 0 Å². The minimum Gasteiger partial charge on any atom is -0.462 e. The second kappa shape index (κ2) is 22.1. The zero-order valence-electron chi connectivity index (χ0n) is 34.9. The Morgan fingerprint density at radius 3 is 2.38 bits per heavy atom. The third-order valence-electron chi connectivity index (χ3n) is 10.1. The lowest BCUT2D eigenvalue weighted by Crippen LogP contribution is -2.46. The van der Waals surface area contributed by atoms with E-state index in [0.29, 0.717) is 11.4 Å². The number of imidazole rings is 1. The van der Waals surface area contributed by atoms with Crippen LogP contribution in [0.15, 0.2) is 36.9 Å². The summed E-state index contributed by atoms with van der Waals surface area (Å²) in [5, 5.41) is 27.1. The fourth-order valence-corrected chi connectivity index (χ4v) is 9.38. The molecule has 3 unspecified atom stereocenters. The highest BCUT2D eigenvalue weighted by Crippen LogP contribution is 2.61. The van der Waals surface area contributed by atoms with Crippen LogP contribution in [-0.4, -0.2) is 137 Å². The first kappa shape index (κ1) is 52.4. The van der Waals surface area contributed by atoms with E-state index in [4.69, 9.17) is 40.6 Å². The lowest BCUT2D eigenvalue weighted by Gasteiger charge is -2.30. The summed E-state index contributed by atoms with van der Waals surface area (Å²) in [7, 11) is -16.5. The maximum atomic E-state index is 12.7. The normalized spacial score (nSPS) is 23.3. The number of phosphoric ester groups is 3. The van der Waals surface area contributed by atoms with Crippen LogP contribution in [0.4, 0.5) is 5.82 Å². The SMILES string of the molecule is CC(C)(COP(=O)(O)OP(=O)(O)OC[C@H]1O[C@@H](n2cnc3c(N)ncnc32)[C@H](O)[C@@H]1OP(=O)(O)O)[C@H](O)C(=O)NCCC(=O)NCCOC(=O)C1(CCCCCc2ccc(Cl)cc2)CO1. The number of aliphatic hydroxyl groups is 2. The Labute approximate surface area is 375 Å². The number of unbranched alkanes of at least 4 members (excludes halogenated alkanes) is 2. The number of aliphatic hydroxyl groups excluding tert-OH is 2. The molecule has 65 heavy (non-hydrogen) atoms. The lowest BCUT2D eigenvalue weighted by molar-refractivity contribution is -0.150. The van der Waals surface area contributed by atoms with E-state index < -0.39 is 96.1 Å². The molecule has 8 atom stereocenters. The molecule has 1 aromatic carbocycles. The zero-order chi connectivity index (χ0) is 47.8. The minimum atomic E-state index is -5.59. The van der Waals surface area contributed by atoms with Crippen LogP contribution < -0.4 is 16.4 Å². The number of phosphoric acid groups is 3. The monoisotopic (exact) mass is 1000 g/mol. The number of carbonyl (C=O) groups excluding carboxylic acids is 3. The predicted octanol–water partition coefficient (Wildman–Crippen LogP) is 1.17. The Hall–Kier alpha value is -3.52. The summed E-state index contributed by atoms with van der Waals surface area (Å²) < 4.78 is 73.0. The Morgan fingerprint density at radius 2 is 1.71 bits per heavy atom. The summed E-state index contributed by atoms with van der Waals surface area (Å²) in [5.41, 5.74) is 4.43. The highest BCUT2D eigenvalue weighted by molar-refractivity contribution is 7.61. The molecule has 0 bridgehead atoms. The second-order valence-corrected chi connectivity index (χ2v) is 20.3. The Kier molecular flexibility index (Phi) is 17.8. The zero-order valence-corrected chi connectivity index (χ0v) is 38.4. The Balaban J connectivity index is 0.986. The van der Waals surface area contributed by atoms with Crippen molar-refractivity contribution in [2.75, 3.05) is 45.3 Å². The van der Waals surface area contributed by atoms with Gasteiger partial charge in [0.2, 0.25) is 11.8 Å². The number of nitrogens with two attached hydrogens (primary N) is 1. The molecule has 10 N–H and O–H groups in total. The predicted molar refractivity (Wildman–Crippen MR) is 223 cm³/mol. The van der Waals surface area contributed by atoms with E-state index in [0.717, 1.165) is 42.9 Å². The minimum absolute atomic E-state index is 0.0162. The van der Waals surface area contributed by atoms with Crippen LogP contribution in [0, 0.1) is 5.41 Å². The molecule has 4 heterocycles. The van der Waals surface area contributed by atoms with Gasteiger partial charge in [-0.3, -0.25) is 27.7 Å². The smallest absolute Gasteiger partial charge is 0.462 e. The molecule has 2 saturated heterocycles. The molecule has 26 nitrogen and oxygen atoms in total. The summed E-state index contributed by atoms with van der Waals surface area (Å²) in [6.07, 6.45) is -3.07. The van der Waals surface area contributed by atoms with Gasteiger partial charge in [0.05, 0.1) is 32.7 Å². The molecule has 2 amide bonds. The molecule has 30 heteroatoms. The van der Waals surface area contributed by atoms with E-state index in [2.05, 4.69) is 34.4 Å². The highest BCUT2D eigenvalue weighted by Gasteiger charge is 2.53. The summed E-state index contributed by atoms with van der Waals surface area (Å²) in [5.74, 6) is -2.08. The molecular weight excluding hydrogens is 951 g/mol. The standard InChI is InChI=1S/C35H51ClN7O19P3/c1-34(2,28(46)31(47)39-13-11-24(44)38-14-15-56-33(48)35(18-57-35)12-5-3-4-6-21-7-9-22(36)10-8-21)17-59-65(54,55)62-64(52,53)58-16-23-27(61-63(49,50)51)26(45)32(60-23)43-20-42-25-29(37)40-19-41-30(25)43/h7-10,19-20,23,26-28,32,45-46H,3-6,11-18H2,1-2H3,(H,38,44)(H,39,47)(H,52,53)(H,54,55)(H2,37,40,41)(H2,49,50,51)/t23-,26-,27-,28-,32-,35?/m1/s1. The van der Waals surface area contributed by atoms with Gasteiger partial charge in [-0.2, -0.15) is 4.31 Å². The quantitative estimate of drug-likeness (QED) is 0.0236. The number of nitrogens with one attached hydrogen (secondary N) is 2. The van der Waals surface area contributed by atoms with Gasteiger partial charge in [-0.05, 0) is 43.4 Å². The number of aromatic nitrogens is 4. The Bertz CT molecular complexity index is 2280. The maximum Gasteiger partial charge on any atom is 0.481 e. The number of aryl methyl sites for hydroxylation is 1. The summed E-state index contributed by atoms with van der Waals surface area (Å²) in [6.45, 7) is 0.309. The number of halogens is 1. The first-order chi connectivity index (χ1) is 30.4. The van der Waals surface area contributed by atoms with Crippen LogP contribution in [-0.2, 0) is 66.6 Å². The summed E-state index contributed by atoms with van der Waals surface area (Å²) in [4.78, 5) is 88.7. The largest absolute Gasteiger partial charge is 0.481 e. The maximum absolute atomic E-state index is 12.7. The number of benzene rings is 1. The first-order valence-corrected chi connectivity index (χ1v) is 24.8. The molecule has 2 aliphatic heterocycles. The highest BCUT2D eigenvalue weighted by atomic mass is 35.5. The van der Waals surface area contributed by atoms with Gasteiger partial charge in [0.15, 0.2) is 23.3 Å². The van der Waals surface area contributed by atoms with Gasteiger partial charge in [-0.15, -0.1) is 0 Å². The molecule has 362 valence electrons. The molecule has 0 aliphatic carbocycles. The van der Waals surface area contributed by atoms with Gasteiger partial charge in [-0.1, -0.05) is 44.0 Å². The molecular formula is C35H51ClN7O19P3. The number of rotatable bonds is 26. The number of hydrogen-bond acceptors (Lipinski definition) is 19. The molecule has 2 aromatic heterocycles. The molecule has 5 rings (SSSR count). The number of ether oxygens (including phenoxy) is 3. The fourth-order valence-electron chi connectivity index (χ4n) is 6.42. The van der Waals surface area contributed by atoms with Crippen molar-refractivity contribution >= 4 is 69.8 Å². The number of amides is 2. The van der Waals surface area contributed by atoms with Gasteiger partial charge < -0.3 is 60.4 Å². The van der Waals surface area contributed by atoms with Crippen molar-refractivity contribution in [3.63, 3.8) is 0 Å².